The van der Waals surface area contributed by atoms with Gasteiger partial charge < -0.3 is 5.73 Å². The lowest BCUT2D eigenvalue weighted by molar-refractivity contribution is 0.185. The number of hydrazone groups is 1. The van der Waals surface area contributed by atoms with Gasteiger partial charge in [-0.15, -0.1) is 0 Å². The fraction of sp³-hybridized carbons (Fsp3) is 0.714. The molecule has 2 unspecified atom stereocenters. The van der Waals surface area contributed by atoms with E-state index in [1.54, 1.807) is 6.21 Å². The van der Waals surface area contributed by atoms with Gasteiger partial charge in [-0.3, -0.25) is 0 Å². The third-order valence-corrected chi connectivity index (χ3v) is 1.99. The van der Waals surface area contributed by atoms with E-state index >= 15 is 0 Å². The van der Waals surface area contributed by atoms with Gasteiger partial charge in [-0.2, -0.15) is 5.10 Å². The minimum absolute atomic E-state index is 0.160. The summed E-state index contributed by atoms with van der Waals surface area (Å²) in [5.41, 5.74) is 5.10. The first-order chi connectivity index (χ1) is 5.16. The minimum atomic E-state index is -0.461. The molecule has 2 N–H and O–H groups in total. The molecule has 1 rings (SSSR count). The predicted molar refractivity (Wildman–Crippen MR) is 43.2 cm³/mol. The maximum atomic E-state index is 10.8. The molecule has 0 aromatic heterocycles. The minimum Gasteiger partial charge on any atom is -0.350 e. The van der Waals surface area contributed by atoms with Crippen LogP contribution in [0.2, 0.25) is 0 Å². The highest BCUT2D eigenvalue weighted by Gasteiger charge is 2.28. The van der Waals surface area contributed by atoms with Gasteiger partial charge in [-0.05, 0) is 6.42 Å². The molecule has 0 spiro atoms. The van der Waals surface area contributed by atoms with Gasteiger partial charge in [0, 0.05) is 12.1 Å². The maximum Gasteiger partial charge on any atom is 0.335 e. The van der Waals surface area contributed by atoms with Crippen molar-refractivity contribution in [2.75, 3.05) is 0 Å². The van der Waals surface area contributed by atoms with Crippen LogP contribution >= 0.6 is 0 Å². The number of nitrogens with two attached hydrogens (primary N) is 1. The molecule has 1 heterocycles. The summed E-state index contributed by atoms with van der Waals surface area (Å²) in [5, 5.41) is 5.25. The quantitative estimate of drug-likeness (QED) is 0.597. The molecule has 0 aliphatic carbocycles. The van der Waals surface area contributed by atoms with Crippen molar-refractivity contribution in [3.05, 3.63) is 0 Å². The van der Waals surface area contributed by atoms with Gasteiger partial charge in [-0.1, -0.05) is 13.8 Å². The Bertz CT molecular complexity index is 190. The van der Waals surface area contributed by atoms with Crippen LogP contribution in [0.1, 0.15) is 20.3 Å². The van der Waals surface area contributed by atoms with Crippen LogP contribution in [0.4, 0.5) is 4.79 Å². The van der Waals surface area contributed by atoms with E-state index in [-0.39, 0.29) is 6.04 Å². The predicted octanol–water partition coefficient (Wildman–Crippen LogP) is 0.781. The highest BCUT2D eigenvalue weighted by Crippen LogP contribution is 2.18. The molecule has 0 saturated heterocycles. The summed E-state index contributed by atoms with van der Waals surface area (Å²) in [7, 11) is 0. The summed E-state index contributed by atoms with van der Waals surface area (Å²) >= 11 is 0. The van der Waals surface area contributed by atoms with Crippen molar-refractivity contribution in [3.8, 4) is 0 Å². The van der Waals surface area contributed by atoms with Crippen molar-refractivity contribution >= 4 is 12.2 Å². The Hall–Kier alpha value is -1.06. The van der Waals surface area contributed by atoms with Gasteiger partial charge in [0.2, 0.25) is 0 Å². The van der Waals surface area contributed by atoms with Crippen LogP contribution in [0.5, 0.6) is 0 Å². The Labute approximate surface area is 66.0 Å². The van der Waals surface area contributed by atoms with Crippen LogP contribution in [-0.4, -0.2) is 23.3 Å². The van der Waals surface area contributed by atoms with E-state index in [1.165, 1.54) is 5.01 Å². The summed E-state index contributed by atoms with van der Waals surface area (Å²) in [6, 6.07) is -0.301. The van der Waals surface area contributed by atoms with Crippen LogP contribution in [0.15, 0.2) is 5.10 Å². The first-order valence-electron chi connectivity index (χ1n) is 3.79. The van der Waals surface area contributed by atoms with Gasteiger partial charge in [0.15, 0.2) is 0 Å². The third-order valence-electron chi connectivity index (χ3n) is 1.99. The molecule has 0 fully saturated rings. The molecular formula is C7H13N3O. The Balaban J connectivity index is 2.68. The first kappa shape index (κ1) is 8.04. The summed E-state index contributed by atoms with van der Waals surface area (Å²) in [4.78, 5) is 10.8. The molecule has 1 aliphatic heterocycles. The summed E-state index contributed by atoms with van der Waals surface area (Å²) in [6.45, 7) is 4.05. The molecule has 62 valence electrons. The molecule has 4 nitrogen and oxygen atoms in total. The SMILES string of the molecule is CCC1C(C)C=NN1C(N)=O. The molecule has 0 bridgehead atoms. The van der Waals surface area contributed by atoms with E-state index in [2.05, 4.69) is 5.10 Å². The first-order valence-corrected chi connectivity index (χ1v) is 3.79. The van der Waals surface area contributed by atoms with Crippen molar-refractivity contribution in [1.29, 1.82) is 0 Å². The topological polar surface area (TPSA) is 58.7 Å². The Kier molecular flexibility index (Phi) is 2.12. The number of urea groups is 1. The van der Waals surface area contributed by atoms with Crippen molar-refractivity contribution in [1.82, 2.24) is 5.01 Å². The monoisotopic (exact) mass is 155 g/mol. The van der Waals surface area contributed by atoms with Crippen molar-refractivity contribution in [2.24, 2.45) is 16.8 Å². The zero-order valence-corrected chi connectivity index (χ0v) is 6.82. The molecule has 2 amide bonds. The summed E-state index contributed by atoms with van der Waals surface area (Å²) < 4.78 is 0. The molecule has 4 heteroatoms. The zero-order chi connectivity index (χ0) is 8.43. The fourth-order valence-electron chi connectivity index (χ4n) is 1.35. The average Bonchev–Trinajstić information content (AvgIpc) is 2.30. The smallest absolute Gasteiger partial charge is 0.335 e. The van der Waals surface area contributed by atoms with E-state index in [1.807, 2.05) is 13.8 Å². The number of carbonyl (C=O) groups excluding carboxylic acids is 1. The van der Waals surface area contributed by atoms with Crippen LogP contribution in [0.25, 0.3) is 0 Å². The van der Waals surface area contributed by atoms with Crippen LogP contribution in [-0.2, 0) is 0 Å². The van der Waals surface area contributed by atoms with Gasteiger partial charge in [0.1, 0.15) is 0 Å². The molecule has 11 heavy (non-hydrogen) atoms. The molecule has 0 saturated carbocycles. The van der Waals surface area contributed by atoms with Gasteiger partial charge >= 0.3 is 6.03 Å². The molecule has 0 aromatic carbocycles. The highest BCUT2D eigenvalue weighted by atomic mass is 16.2. The van der Waals surface area contributed by atoms with Gasteiger partial charge in [0.05, 0.1) is 6.04 Å². The second kappa shape index (κ2) is 2.90. The molecule has 0 radical (unpaired) electrons. The van der Waals surface area contributed by atoms with E-state index < -0.39 is 6.03 Å². The van der Waals surface area contributed by atoms with E-state index in [4.69, 9.17) is 5.73 Å². The van der Waals surface area contributed by atoms with Crippen molar-refractivity contribution < 1.29 is 4.79 Å². The van der Waals surface area contributed by atoms with E-state index in [9.17, 15) is 4.79 Å². The maximum absolute atomic E-state index is 10.8. The summed E-state index contributed by atoms with van der Waals surface area (Å²) in [6.07, 6.45) is 2.66. The fourth-order valence-corrected chi connectivity index (χ4v) is 1.35. The molecule has 0 aromatic rings. The lowest BCUT2D eigenvalue weighted by Gasteiger charge is -2.20. The van der Waals surface area contributed by atoms with Gasteiger partial charge in [0.25, 0.3) is 0 Å². The molecular weight excluding hydrogens is 142 g/mol. The Morgan fingerprint density at radius 2 is 2.45 bits per heavy atom. The number of primary amides is 1. The zero-order valence-electron chi connectivity index (χ0n) is 6.82. The highest BCUT2D eigenvalue weighted by molar-refractivity contribution is 5.77. The van der Waals surface area contributed by atoms with Gasteiger partial charge in [-0.25, -0.2) is 9.80 Å². The van der Waals surface area contributed by atoms with E-state index in [0.29, 0.717) is 5.92 Å². The number of rotatable bonds is 1. The largest absolute Gasteiger partial charge is 0.350 e. The number of carbonyl (C=O) groups is 1. The lowest BCUT2D eigenvalue weighted by Crippen LogP contribution is -2.38. The third kappa shape index (κ3) is 1.34. The van der Waals surface area contributed by atoms with Crippen LogP contribution < -0.4 is 5.73 Å². The molecule has 2 atom stereocenters. The van der Waals surface area contributed by atoms with E-state index in [0.717, 1.165) is 6.42 Å². The number of hydrogen-bond acceptors (Lipinski definition) is 2. The number of amides is 2. The average molecular weight is 155 g/mol. The van der Waals surface area contributed by atoms with Crippen molar-refractivity contribution in [2.45, 2.75) is 26.3 Å². The summed E-state index contributed by atoms with van der Waals surface area (Å²) in [5.74, 6) is 0.326. The standard InChI is InChI=1S/C7H13N3O/c1-3-6-5(2)4-9-10(6)7(8)11/h4-6H,3H2,1-2H3,(H2,8,11). The second-order valence-electron chi connectivity index (χ2n) is 2.78. The van der Waals surface area contributed by atoms with Crippen LogP contribution in [0, 0.1) is 5.92 Å². The molecule has 1 aliphatic rings. The Morgan fingerprint density at radius 1 is 1.82 bits per heavy atom. The van der Waals surface area contributed by atoms with Crippen molar-refractivity contribution in [3.63, 3.8) is 0 Å². The second-order valence-corrected chi connectivity index (χ2v) is 2.78. The Morgan fingerprint density at radius 3 is 2.82 bits per heavy atom. The normalized spacial score (nSPS) is 29.5. The number of hydrogen-bond donors (Lipinski definition) is 1. The van der Waals surface area contributed by atoms with Crippen LogP contribution in [0.3, 0.4) is 0 Å². The number of nitrogens with zero attached hydrogens (tertiary/aromatic N) is 2. The lowest BCUT2D eigenvalue weighted by atomic mass is 10.0.